The Morgan fingerprint density at radius 2 is 1.48 bits per heavy atom. The van der Waals surface area contributed by atoms with E-state index in [0.717, 1.165) is 28.5 Å². The van der Waals surface area contributed by atoms with E-state index < -0.39 is 119 Å². The second-order valence-electron chi connectivity index (χ2n) is 14.5. The molecule has 0 radical (unpaired) electrons. The van der Waals surface area contributed by atoms with Gasteiger partial charge in [-0.15, -0.1) is 11.3 Å². The third-order valence-electron chi connectivity index (χ3n) is 8.39. The Kier molecular flexibility index (Phi) is 15.3. The van der Waals surface area contributed by atoms with Gasteiger partial charge in [-0.3, -0.25) is 19.3 Å². The Balaban J connectivity index is 2.43. The van der Waals surface area contributed by atoms with E-state index in [2.05, 4.69) is 15.0 Å². The van der Waals surface area contributed by atoms with E-state index in [4.69, 9.17) is 10.8 Å². The summed E-state index contributed by atoms with van der Waals surface area (Å²) in [6.07, 6.45) is -1.72. The van der Waals surface area contributed by atoms with Crippen molar-refractivity contribution in [2.75, 3.05) is 14.1 Å². The van der Waals surface area contributed by atoms with E-state index in [-0.39, 0.29) is 17.3 Å². The first-order valence-electron chi connectivity index (χ1n) is 17.8. The van der Waals surface area contributed by atoms with Crippen LogP contribution in [0.1, 0.15) is 105 Å². The highest BCUT2D eigenvalue weighted by Crippen LogP contribution is 2.33. The minimum absolute atomic E-state index is 0.0183. The lowest BCUT2D eigenvalue weighted by atomic mass is 9.92. The van der Waals surface area contributed by atoms with Gasteiger partial charge in [0.1, 0.15) is 22.7 Å². The van der Waals surface area contributed by atoms with Crippen LogP contribution in [-0.4, -0.2) is 82.4 Å². The van der Waals surface area contributed by atoms with E-state index in [0.29, 0.717) is 6.42 Å². The van der Waals surface area contributed by atoms with Crippen molar-refractivity contribution in [2.45, 2.75) is 112 Å². The molecule has 1 aromatic carbocycles. The predicted octanol–water partition coefficient (Wildman–Crippen LogP) is 6.96. The molecule has 18 heteroatoms. The number of amides is 3. The van der Waals surface area contributed by atoms with Crippen LogP contribution in [0.5, 0.6) is 5.75 Å². The molecule has 0 aliphatic carbocycles. The van der Waals surface area contributed by atoms with Crippen LogP contribution in [0.3, 0.4) is 0 Å². The lowest BCUT2D eigenvalue weighted by Crippen LogP contribution is -2.59. The first kappa shape index (κ1) is 44.0. The number of likely N-dealkylation sites (N-methyl/N-ethyl adjacent to an activating group) is 2. The van der Waals surface area contributed by atoms with Crippen LogP contribution in [0, 0.1) is 46.8 Å². The van der Waals surface area contributed by atoms with Gasteiger partial charge in [0, 0.05) is 40.2 Å². The fourth-order valence-corrected chi connectivity index (χ4v) is 6.22. The van der Waals surface area contributed by atoms with Gasteiger partial charge in [-0.1, -0.05) is 48.0 Å². The van der Waals surface area contributed by atoms with Crippen LogP contribution in [0.25, 0.3) is 0 Å². The Hall–Kier alpha value is -4.35. The number of halogens is 5. The molecule has 0 fully saturated rings. The number of rotatable bonds is 15. The summed E-state index contributed by atoms with van der Waals surface area (Å²) in [6.45, 7) is 16.6. The largest absolute Gasteiger partial charge is 0.455 e. The summed E-state index contributed by atoms with van der Waals surface area (Å²) in [4.78, 5) is 72.5. The minimum Gasteiger partial charge on any atom is -0.455 e. The second-order valence-corrected chi connectivity index (χ2v) is 15.4. The number of nitrogens with one attached hydrogen (secondary N) is 1. The van der Waals surface area contributed by atoms with Gasteiger partial charge in [0.05, 0.1) is 0 Å². The van der Waals surface area contributed by atoms with E-state index in [9.17, 15) is 45.9 Å². The zero-order valence-electron chi connectivity index (χ0n) is 33.1. The Morgan fingerprint density at radius 1 is 0.926 bits per heavy atom. The molecule has 0 saturated heterocycles. The highest BCUT2D eigenvalue weighted by atomic mass is 32.1. The van der Waals surface area contributed by atoms with Crippen molar-refractivity contribution in [3.05, 3.63) is 45.2 Å². The molecule has 0 spiro atoms. The summed E-state index contributed by atoms with van der Waals surface area (Å²) < 4.78 is 92.6. The van der Waals surface area contributed by atoms with Crippen molar-refractivity contribution in [2.24, 2.45) is 17.8 Å². The molecular formula is C36H49F5N4O8S. The monoisotopic (exact) mass is 793 g/mol. The number of thiazole rings is 1. The maximum absolute atomic E-state index is 14.3. The maximum Gasteiger partial charge on any atom is 0.410 e. The highest BCUT2D eigenvalue weighted by Gasteiger charge is 2.39. The van der Waals surface area contributed by atoms with E-state index in [1.165, 1.54) is 11.9 Å². The van der Waals surface area contributed by atoms with Gasteiger partial charge in [0.15, 0.2) is 11.8 Å². The standard InChI is InChI=1S/C36H49F5N4O8S/c1-13-18(6)28(43-31(47)29(17(4)5)45(12)35(50)53-36(8,9)10)33(48)44(11)21(16(2)3)14-22(51-19(7)46)32-42-20(15-54-32)34(49)52-30-26(40)24(38)23(37)25(39)27(30)41/h15-18,21-22,28-29H,13-14H2,1-12H3,(H,43,47)/t18-,21+,22+,28-,29-/m0/s1/i12D. The van der Waals surface area contributed by atoms with Crippen LogP contribution in [-0.2, 0) is 23.9 Å². The number of ether oxygens (including phenoxy) is 3. The zero-order chi connectivity index (χ0) is 42.3. The van der Waals surface area contributed by atoms with Gasteiger partial charge in [-0.05, 0) is 38.5 Å². The lowest BCUT2D eigenvalue weighted by molar-refractivity contribution is -0.149. The molecule has 54 heavy (non-hydrogen) atoms. The van der Waals surface area contributed by atoms with Crippen molar-refractivity contribution in [1.82, 2.24) is 20.1 Å². The molecule has 0 aliphatic rings. The molecule has 5 atom stereocenters. The molecule has 0 saturated carbocycles. The molecule has 302 valence electrons. The molecule has 1 heterocycles. The van der Waals surface area contributed by atoms with Gasteiger partial charge in [-0.25, -0.2) is 27.7 Å². The number of carbonyl (C=O) groups is 5. The molecule has 2 aromatic rings. The number of hydrogen-bond acceptors (Lipinski definition) is 10. The fourth-order valence-electron chi connectivity index (χ4n) is 5.39. The molecule has 12 nitrogen and oxygen atoms in total. The van der Waals surface area contributed by atoms with Crippen LogP contribution in [0.15, 0.2) is 5.38 Å². The van der Waals surface area contributed by atoms with Crippen molar-refractivity contribution < 1.29 is 61.5 Å². The summed E-state index contributed by atoms with van der Waals surface area (Å²) in [7, 11) is 0.901. The number of benzene rings is 1. The third kappa shape index (κ3) is 11.3. The molecule has 0 unspecified atom stereocenters. The Morgan fingerprint density at radius 3 is 1.94 bits per heavy atom. The Bertz CT molecular complexity index is 1690. The molecule has 0 aliphatic heterocycles. The average Bonchev–Trinajstić information content (AvgIpc) is 3.59. The molecule has 1 N–H and O–H groups in total. The third-order valence-corrected chi connectivity index (χ3v) is 9.33. The average molecular weight is 794 g/mol. The highest BCUT2D eigenvalue weighted by molar-refractivity contribution is 7.09. The first-order valence-corrected chi connectivity index (χ1v) is 18.0. The quantitative estimate of drug-likeness (QED) is 0.0666. The van der Waals surface area contributed by atoms with Crippen molar-refractivity contribution in [3.63, 3.8) is 0 Å². The van der Waals surface area contributed by atoms with Gasteiger partial charge in [0.2, 0.25) is 46.6 Å². The lowest BCUT2D eigenvalue weighted by Gasteiger charge is -2.38. The van der Waals surface area contributed by atoms with E-state index in [1.54, 1.807) is 55.4 Å². The SMILES string of the molecule is [2H]CN(C(=O)OC(C)(C)C)[C@H](C(=O)N[C@H](C(=O)N(C)[C@H](C[C@@H](OC(C)=O)c1nc(C(=O)Oc2c(F)c(F)c(F)c(F)c2F)cs1)C(C)C)[C@@H](C)CC)C(C)C. The number of carbonyl (C=O) groups excluding carboxylic acids is 5. The van der Waals surface area contributed by atoms with Gasteiger partial charge in [0.25, 0.3) is 0 Å². The molecule has 2 rings (SSSR count). The Labute approximate surface area is 317 Å². The number of aromatic nitrogens is 1. The van der Waals surface area contributed by atoms with E-state index in [1.807, 2.05) is 6.92 Å². The van der Waals surface area contributed by atoms with Crippen LogP contribution < -0.4 is 10.1 Å². The minimum atomic E-state index is -2.44. The number of nitrogens with zero attached hydrogens (tertiary/aromatic N) is 3. The summed E-state index contributed by atoms with van der Waals surface area (Å²) in [5.74, 6) is -18.4. The zero-order valence-corrected chi connectivity index (χ0v) is 33.0. The van der Waals surface area contributed by atoms with Gasteiger partial charge < -0.3 is 24.4 Å². The van der Waals surface area contributed by atoms with Crippen molar-refractivity contribution in [1.29, 1.82) is 0 Å². The van der Waals surface area contributed by atoms with E-state index >= 15 is 0 Å². The summed E-state index contributed by atoms with van der Waals surface area (Å²) in [6, 6.07) is -2.97. The normalized spacial score (nSPS) is 14.7. The second kappa shape index (κ2) is 18.8. The molecule has 3 amide bonds. The predicted molar refractivity (Wildman–Crippen MR) is 188 cm³/mol. The van der Waals surface area contributed by atoms with Crippen molar-refractivity contribution in [3.8, 4) is 5.75 Å². The van der Waals surface area contributed by atoms with Crippen LogP contribution in [0.2, 0.25) is 0 Å². The summed E-state index contributed by atoms with van der Waals surface area (Å²) >= 11 is 0.766. The van der Waals surface area contributed by atoms with Gasteiger partial charge >= 0.3 is 18.0 Å². The number of esters is 2. The fraction of sp³-hybridized carbons (Fsp3) is 0.611. The smallest absolute Gasteiger partial charge is 0.410 e. The molecular weight excluding hydrogens is 743 g/mol. The first-order chi connectivity index (χ1) is 25.4. The van der Waals surface area contributed by atoms with Gasteiger partial charge in [-0.2, -0.15) is 8.78 Å². The maximum atomic E-state index is 14.3. The number of hydrogen-bond donors (Lipinski definition) is 1. The summed E-state index contributed by atoms with van der Waals surface area (Å²) in [5, 5.41) is 3.84. The van der Waals surface area contributed by atoms with Crippen LogP contribution >= 0.6 is 11.3 Å². The van der Waals surface area contributed by atoms with Crippen molar-refractivity contribution >= 4 is 41.2 Å². The molecule has 1 aromatic heterocycles. The van der Waals surface area contributed by atoms with Crippen LogP contribution in [0.4, 0.5) is 26.7 Å². The molecule has 0 bridgehead atoms. The topological polar surface area (TPSA) is 144 Å². The summed E-state index contributed by atoms with van der Waals surface area (Å²) in [5.41, 5.74) is -1.50.